The molecule has 0 fully saturated rings. The molecule has 0 unspecified atom stereocenters. The fraction of sp³-hybridized carbons (Fsp3) is 0.320. The number of unbranched alkanes of at least 4 members (excludes halogenated alkanes) is 3. The number of hydrogen-bond acceptors (Lipinski definition) is 7. The zero-order valence-corrected chi connectivity index (χ0v) is 19.2. The SMILES string of the molecule is CCCCCCn1nc(C(=O)OCC(=O)Nc2ccccc2C(=O)OC)c2ccccc2c1=O. The van der Waals surface area contributed by atoms with Gasteiger partial charge in [0.2, 0.25) is 0 Å². The lowest BCUT2D eigenvalue weighted by atomic mass is 10.1. The monoisotopic (exact) mass is 465 g/mol. The van der Waals surface area contributed by atoms with Gasteiger partial charge < -0.3 is 14.8 Å². The number of benzene rings is 2. The highest BCUT2D eigenvalue weighted by Gasteiger charge is 2.20. The van der Waals surface area contributed by atoms with Crippen molar-refractivity contribution in [3.8, 4) is 0 Å². The molecule has 2 aromatic carbocycles. The maximum Gasteiger partial charge on any atom is 0.359 e. The molecule has 0 aliphatic heterocycles. The number of nitrogens with zero attached hydrogens (tertiary/aromatic N) is 2. The van der Waals surface area contributed by atoms with Crippen LogP contribution in [-0.2, 0) is 20.8 Å². The summed E-state index contributed by atoms with van der Waals surface area (Å²) in [5.41, 5.74) is 0.0985. The predicted molar refractivity (Wildman–Crippen MR) is 127 cm³/mol. The molecule has 1 heterocycles. The molecule has 0 radical (unpaired) electrons. The molecule has 0 spiro atoms. The summed E-state index contributed by atoms with van der Waals surface area (Å²) in [6.45, 7) is 1.88. The molecule has 0 bridgehead atoms. The third kappa shape index (κ3) is 5.86. The number of fused-ring (bicyclic) bond motifs is 1. The van der Waals surface area contributed by atoms with Crippen molar-refractivity contribution < 1.29 is 23.9 Å². The number of aryl methyl sites for hydroxylation is 1. The number of amides is 1. The normalized spacial score (nSPS) is 10.6. The van der Waals surface area contributed by atoms with Crippen molar-refractivity contribution in [2.24, 2.45) is 0 Å². The first-order valence-electron chi connectivity index (χ1n) is 11.1. The number of carbonyl (C=O) groups is 3. The third-order valence-corrected chi connectivity index (χ3v) is 5.23. The van der Waals surface area contributed by atoms with E-state index < -0.39 is 24.5 Å². The Morgan fingerprint density at radius 2 is 1.65 bits per heavy atom. The average molecular weight is 466 g/mol. The molecule has 9 nitrogen and oxygen atoms in total. The largest absolute Gasteiger partial charge is 0.465 e. The number of ether oxygens (including phenoxy) is 2. The average Bonchev–Trinajstić information content (AvgIpc) is 2.86. The Hall–Kier alpha value is -4.01. The number of rotatable bonds is 10. The molecule has 178 valence electrons. The van der Waals surface area contributed by atoms with E-state index in [1.807, 2.05) is 0 Å². The highest BCUT2D eigenvalue weighted by atomic mass is 16.5. The second kappa shape index (κ2) is 11.7. The molecule has 0 aliphatic rings. The Bertz CT molecular complexity index is 1250. The summed E-state index contributed by atoms with van der Waals surface area (Å²) in [6.07, 6.45) is 3.81. The van der Waals surface area contributed by atoms with E-state index in [0.29, 0.717) is 17.3 Å². The fourth-order valence-corrected chi connectivity index (χ4v) is 3.49. The van der Waals surface area contributed by atoms with Crippen LogP contribution in [0.15, 0.2) is 53.3 Å². The zero-order valence-electron chi connectivity index (χ0n) is 19.2. The van der Waals surface area contributed by atoms with Crippen LogP contribution in [0.25, 0.3) is 10.8 Å². The van der Waals surface area contributed by atoms with E-state index in [1.165, 1.54) is 23.9 Å². The molecule has 34 heavy (non-hydrogen) atoms. The molecular weight excluding hydrogens is 438 g/mol. The van der Waals surface area contributed by atoms with Gasteiger partial charge in [0.1, 0.15) is 0 Å². The van der Waals surface area contributed by atoms with Crippen molar-refractivity contribution in [2.45, 2.75) is 39.2 Å². The number of para-hydroxylation sites is 1. The van der Waals surface area contributed by atoms with Crippen LogP contribution in [0.5, 0.6) is 0 Å². The van der Waals surface area contributed by atoms with E-state index >= 15 is 0 Å². The lowest BCUT2D eigenvalue weighted by Crippen LogP contribution is -2.28. The Kier molecular flexibility index (Phi) is 8.50. The summed E-state index contributed by atoms with van der Waals surface area (Å²) < 4.78 is 11.2. The van der Waals surface area contributed by atoms with Crippen LogP contribution in [0.4, 0.5) is 5.69 Å². The van der Waals surface area contributed by atoms with Gasteiger partial charge >= 0.3 is 11.9 Å². The highest BCUT2D eigenvalue weighted by molar-refractivity contribution is 6.04. The molecule has 1 aromatic heterocycles. The van der Waals surface area contributed by atoms with Gasteiger partial charge in [0, 0.05) is 11.9 Å². The van der Waals surface area contributed by atoms with E-state index in [1.54, 1.807) is 36.4 Å². The van der Waals surface area contributed by atoms with E-state index in [0.717, 1.165) is 25.7 Å². The molecule has 9 heteroatoms. The van der Waals surface area contributed by atoms with Crippen LogP contribution < -0.4 is 10.9 Å². The van der Waals surface area contributed by atoms with E-state index in [-0.39, 0.29) is 22.5 Å². The third-order valence-electron chi connectivity index (χ3n) is 5.23. The van der Waals surface area contributed by atoms with Gasteiger partial charge in [-0.3, -0.25) is 9.59 Å². The summed E-state index contributed by atoms with van der Waals surface area (Å²) in [5.74, 6) is -2.07. The van der Waals surface area contributed by atoms with Crippen LogP contribution >= 0.6 is 0 Å². The lowest BCUT2D eigenvalue weighted by Gasteiger charge is -2.12. The summed E-state index contributed by atoms with van der Waals surface area (Å²) in [6, 6.07) is 13.0. The number of methoxy groups -OCH3 is 1. The van der Waals surface area contributed by atoms with Crippen molar-refractivity contribution in [2.75, 3.05) is 19.0 Å². The first-order chi connectivity index (χ1) is 16.5. The Labute approximate surface area is 196 Å². The first kappa shape index (κ1) is 24.6. The second-order valence-corrected chi connectivity index (χ2v) is 7.64. The van der Waals surface area contributed by atoms with Crippen LogP contribution in [-0.4, -0.2) is 41.3 Å². The van der Waals surface area contributed by atoms with Crippen molar-refractivity contribution in [1.29, 1.82) is 0 Å². The minimum Gasteiger partial charge on any atom is -0.465 e. The quantitative estimate of drug-likeness (QED) is 0.359. The number of esters is 2. The summed E-state index contributed by atoms with van der Waals surface area (Å²) >= 11 is 0. The van der Waals surface area contributed by atoms with Gasteiger partial charge in [-0.15, -0.1) is 0 Å². The number of aromatic nitrogens is 2. The Morgan fingerprint density at radius 3 is 2.38 bits per heavy atom. The lowest BCUT2D eigenvalue weighted by molar-refractivity contribution is -0.119. The molecule has 0 saturated carbocycles. The van der Waals surface area contributed by atoms with E-state index in [2.05, 4.69) is 17.3 Å². The van der Waals surface area contributed by atoms with Crippen molar-refractivity contribution in [3.63, 3.8) is 0 Å². The van der Waals surface area contributed by atoms with Crippen molar-refractivity contribution >= 4 is 34.3 Å². The van der Waals surface area contributed by atoms with Crippen LogP contribution in [0.3, 0.4) is 0 Å². The smallest absolute Gasteiger partial charge is 0.359 e. The van der Waals surface area contributed by atoms with Gasteiger partial charge in [-0.25, -0.2) is 14.3 Å². The van der Waals surface area contributed by atoms with Gasteiger partial charge in [0.15, 0.2) is 12.3 Å². The Morgan fingerprint density at radius 1 is 0.941 bits per heavy atom. The molecule has 0 saturated heterocycles. The van der Waals surface area contributed by atoms with Gasteiger partial charge in [0.05, 0.1) is 23.7 Å². The standard InChI is InChI=1S/C25H27N3O6/c1-3-4-5-10-15-28-23(30)18-12-7-6-11-17(18)22(27-28)25(32)34-16-21(29)26-20-14-9-8-13-19(20)24(31)33-2/h6-9,11-14H,3-5,10,15-16H2,1-2H3,(H,26,29). The van der Waals surface area contributed by atoms with E-state index in [4.69, 9.17) is 9.47 Å². The predicted octanol–water partition coefficient (Wildman–Crippen LogP) is 3.56. The molecular formula is C25H27N3O6. The maximum absolute atomic E-state index is 12.8. The first-order valence-corrected chi connectivity index (χ1v) is 11.1. The minimum absolute atomic E-state index is 0.0338. The molecule has 1 N–H and O–H groups in total. The minimum atomic E-state index is -0.824. The number of anilines is 1. The van der Waals surface area contributed by atoms with E-state index in [9.17, 15) is 19.2 Å². The van der Waals surface area contributed by atoms with Crippen molar-refractivity contribution in [1.82, 2.24) is 9.78 Å². The van der Waals surface area contributed by atoms with Crippen molar-refractivity contribution in [3.05, 3.63) is 70.1 Å². The maximum atomic E-state index is 12.8. The van der Waals surface area contributed by atoms with Gasteiger partial charge in [-0.1, -0.05) is 56.5 Å². The highest BCUT2D eigenvalue weighted by Crippen LogP contribution is 2.17. The molecule has 3 aromatic rings. The molecule has 0 aliphatic carbocycles. The fourth-order valence-electron chi connectivity index (χ4n) is 3.49. The summed E-state index contributed by atoms with van der Waals surface area (Å²) in [5, 5.41) is 7.50. The van der Waals surface area contributed by atoms with Gasteiger partial charge in [-0.05, 0) is 24.6 Å². The Balaban J connectivity index is 1.76. The van der Waals surface area contributed by atoms with Crippen LogP contribution in [0.2, 0.25) is 0 Å². The summed E-state index contributed by atoms with van der Waals surface area (Å²) in [4.78, 5) is 49.9. The molecule has 0 atom stereocenters. The number of hydrogen-bond donors (Lipinski definition) is 1. The van der Waals surface area contributed by atoms with Crippen LogP contribution in [0, 0.1) is 0 Å². The number of carbonyl (C=O) groups excluding carboxylic acids is 3. The second-order valence-electron chi connectivity index (χ2n) is 7.64. The van der Waals surface area contributed by atoms with Gasteiger partial charge in [0.25, 0.3) is 11.5 Å². The molecule has 1 amide bonds. The summed E-state index contributed by atoms with van der Waals surface area (Å²) in [7, 11) is 1.24. The topological polar surface area (TPSA) is 117 Å². The number of nitrogens with one attached hydrogen (secondary N) is 1. The van der Waals surface area contributed by atoms with Crippen LogP contribution in [0.1, 0.15) is 53.5 Å². The van der Waals surface area contributed by atoms with Gasteiger partial charge in [-0.2, -0.15) is 5.10 Å². The molecule has 3 rings (SSSR count). The zero-order chi connectivity index (χ0) is 24.5.